The van der Waals surface area contributed by atoms with E-state index in [4.69, 9.17) is 0 Å². The molecule has 0 bridgehead atoms. The van der Waals surface area contributed by atoms with Gasteiger partial charge in [-0.05, 0) is 19.4 Å². The normalized spacial score (nSPS) is 13.8. The van der Waals surface area contributed by atoms with Crippen LogP contribution in [0.25, 0.3) is 0 Å². The molecule has 0 aliphatic carbocycles. The van der Waals surface area contributed by atoms with Crippen molar-refractivity contribution in [2.45, 2.75) is 257 Å². The lowest BCUT2D eigenvalue weighted by Crippen LogP contribution is -2.48. The van der Waals surface area contributed by atoms with Crippen LogP contribution in [-0.4, -0.2) is 46.7 Å². The summed E-state index contributed by atoms with van der Waals surface area (Å²) in [6, 6.07) is -0.428. The van der Waals surface area contributed by atoms with Gasteiger partial charge in [0.2, 0.25) is 0 Å². The summed E-state index contributed by atoms with van der Waals surface area (Å²) in [5.74, 6) is 0. The summed E-state index contributed by atoms with van der Waals surface area (Å²) in [4.78, 5) is 0. The van der Waals surface area contributed by atoms with Crippen LogP contribution in [0.5, 0.6) is 0 Å². The molecule has 3 atom stereocenters. The molecule has 0 saturated heterocycles. The molecule has 0 aromatic rings. The van der Waals surface area contributed by atoms with Gasteiger partial charge in [-0.15, -0.1) is 0 Å². The summed E-state index contributed by atoms with van der Waals surface area (Å²) in [6.45, 7) is 5.23. The number of hydrogen-bond donors (Lipinski definition) is 4. The Morgan fingerprint density at radius 1 is 0.370 bits per heavy atom. The van der Waals surface area contributed by atoms with Crippen molar-refractivity contribution in [2.75, 3.05) is 13.2 Å². The summed E-state index contributed by atoms with van der Waals surface area (Å²) in [5.41, 5.74) is 0. The Labute approximate surface area is 290 Å². The number of rotatable bonds is 40. The second-order valence-corrected chi connectivity index (χ2v) is 14.9. The predicted molar refractivity (Wildman–Crippen MR) is 204 cm³/mol. The van der Waals surface area contributed by atoms with Crippen molar-refractivity contribution in [2.24, 2.45) is 0 Å². The van der Waals surface area contributed by atoms with Crippen molar-refractivity contribution in [1.29, 1.82) is 0 Å². The fourth-order valence-corrected chi connectivity index (χ4v) is 6.95. The van der Waals surface area contributed by atoms with Crippen LogP contribution in [0.2, 0.25) is 0 Å². The Hall–Kier alpha value is -0.160. The smallest absolute Gasteiger partial charge is 0.0973 e. The SMILES string of the molecule is CCCCCCCCCCCCCCCCCCCCCCCCNC(CO)C(O)C(O)CCCCCCCCCCCCCC. The van der Waals surface area contributed by atoms with Crippen LogP contribution < -0.4 is 5.32 Å². The topological polar surface area (TPSA) is 72.7 Å². The molecule has 0 aromatic carbocycles. The minimum absolute atomic E-state index is 0.129. The molecule has 0 aliphatic heterocycles. The van der Waals surface area contributed by atoms with Crippen molar-refractivity contribution in [3.05, 3.63) is 0 Å². The lowest BCUT2D eigenvalue weighted by atomic mass is 9.99. The zero-order valence-electron chi connectivity index (χ0n) is 31.7. The molecule has 0 radical (unpaired) electrons. The molecule has 0 rings (SSSR count). The van der Waals surface area contributed by atoms with E-state index in [0.29, 0.717) is 6.42 Å². The van der Waals surface area contributed by atoms with Crippen LogP contribution in [0, 0.1) is 0 Å². The van der Waals surface area contributed by atoms with Crippen LogP contribution >= 0.6 is 0 Å². The average Bonchev–Trinajstić information content (AvgIpc) is 3.07. The van der Waals surface area contributed by atoms with Gasteiger partial charge in [0.05, 0.1) is 24.9 Å². The van der Waals surface area contributed by atoms with Gasteiger partial charge in [0, 0.05) is 0 Å². The molecular formula is C42H87NO3. The van der Waals surface area contributed by atoms with E-state index in [2.05, 4.69) is 19.2 Å². The predicted octanol–water partition coefficient (Wildman–Crippen LogP) is 12.4. The fraction of sp³-hybridized carbons (Fsp3) is 1.00. The molecule has 278 valence electrons. The number of aliphatic hydroxyl groups is 3. The largest absolute Gasteiger partial charge is 0.395 e. The summed E-state index contributed by atoms with van der Waals surface area (Å²) in [6.07, 6.45) is 45.1. The molecule has 0 aromatic heterocycles. The Morgan fingerprint density at radius 3 is 0.913 bits per heavy atom. The number of nitrogens with one attached hydrogen (secondary N) is 1. The number of unbranched alkanes of at least 4 members (excludes halogenated alkanes) is 32. The highest BCUT2D eigenvalue weighted by molar-refractivity contribution is 4.81. The van der Waals surface area contributed by atoms with Crippen LogP contribution in [-0.2, 0) is 0 Å². The zero-order valence-corrected chi connectivity index (χ0v) is 31.7. The molecule has 4 heteroatoms. The van der Waals surface area contributed by atoms with Crippen LogP contribution in [0.1, 0.15) is 239 Å². The molecule has 0 heterocycles. The molecule has 0 fully saturated rings. The Morgan fingerprint density at radius 2 is 0.630 bits per heavy atom. The molecule has 0 amide bonds. The molecule has 0 spiro atoms. The highest BCUT2D eigenvalue weighted by Crippen LogP contribution is 2.17. The van der Waals surface area contributed by atoms with Gasteiger partial charge in [0.1, 0.15) is 0 Å². The van der Waals surface area contributed by atoms with E-state index in [1.807, 2.05) is 0 Å². The second kappa shape index (κ2) is 39.3. The second-order valence-electron chi connectivity index (χ2n) is 14.9. The van der Waals surface area contributed by atoms with Gasteiger partial charge >= 0.3 is 0 Å². The number of aliphatic hydroxyl groups excluding tert-OH is 3. The molecular weight excluding hydrogens is 566 g/mol. The van der Waals surface area contributed by atoms with Crippen molar-refractivity contribution in [3.63, 3.8) is 0 Å². The molecule has 3 unspecified atom stereocenters. The molecule has 4 N–H and O–H groups in total. The maximum atomic E-state index is 10.6. The minimum Gasteiger partial charge on any atom is -0.395 e. The lowest BCUT2D eigenvalue weighted by Gasteiger charge is -2.26. The average molecular weight is 654 g/mol. The first kappa shape index (κ1) is 45.8. The van der Waals surface area contributed by atoms with Gasteiger partial charge in [-0.3, -0.25) is 0 Å². The summed E-state index contributed by atoms with van der Waals surface area (Å²) >= 11 is 0. The quantitative estimate of drug-likeness (QED) is 0.0497. The highest BCUT2D eigenvalue weighted by Gasteiger charge is 2.24. The Bertz CT molecular complexity index is 545. The van der Waals surface area contributed by atoms with Gasteiger partial charge in [-0.2, -0.15) is 0 Å². The third-order valence-electron chi connectivity index (χ3n) is 10.3. The monoisotopic (exact) mass is 654 g/mol. The van der Waals surface area contributed by atoms with Crippen molar-refractivity contribution >= 4 is 0 Å². The first-order valence-electron chi connectivity index (χ1n) is 21.4. The van der Waals surface area contributed by atoms with Gasteiger partial charge in [0.25, 0.3) is 0 Å². The van der Waals surface area contributed by atoms with E-state index < -0.39 is 18.2 Å². The van der Waals surface area contributed by atoms with E-state index in [9.17, 15) is 15.3 Å². The van der Waals surface area contributed by atoms with Gasteiger partial charge in [-0.25, -0.2) is 0 Å². The molecule has 4 nitrogen and oxygen atoms in total. The van der Waals surface area contributed by atoms with Crippen molar-refractivity contribution in [1.82, 2.24) is 5.32 Å². The highest BCUT2D eigenvalue weighted by atomic mass is 16.3. The third kappa shape index (κ3) is 33.7. The van der Waals surface area contributed by atoms with Crippen molar-refractivity contribution < 1.29 is 15.3 Å². The van der Waals surface area contributed by atoms with Gasteiger partial charge in [0.15, 0.2) is 0 Å². The van der Waals surface area contributed by atoms with Crippen molar-refractivity contribution in [3.8, 4) is 0 Å². The Kier molecular flexibility index (Phi) is 39.1. The fourth-order valence-electron chi connectivity index (χ4n) is 6.95. The lowest BCUT2D eigenvalue weighted by molar-refractivity contribution is -0.0210. The maximum Gasteiger partial charge on any atom is 0.0973 e. The van der Waals surface area contributed by atoms with E-state index in [1.54, 1.807) is 0 Å². The summed E-state index contributed by atoms with van der Waals surface area (Å²) in [5, 5.41) is 34.1. The van der Waals surface area contributed by atoms with Crippen LogP contribution in [0.3, 0.4) is 0 Å². The zero-order chi connectivity index (χ0) is 33.6. The molecule has 46 heavy (non-hydrogen) atoms. The van der Waals surface area contributed by atoms with Gasteiger partial charge in [-0.1, -0.05) is 226 Å². The summed E-state index contributed by atoms with van der Waals surface area (Å²) in [7, 11) is 0. The standard InChI is InChI=1S/C42H87NO3/c1-3-5-7-9-11-13-15-17-18-19-20-21-22-23-24-25-26-28-30-32-34-36-38-43-40(39-44)42(46)41(45)37-35-33-31-29-27-16-14-12-10-8-6-4-2/h40-46H,3-39H2,1-2H3. The van der Waals surface area contributed by atoms with E-state index >= 15 is 0 Å². The summed E-state index contributed by atoms with van der Waals surface area (Å²) < 4.78 is 0. The van der Waals surface area contributed by atoms with Gasteiger partial charge < -0.3 is 20.6 Å². The van der Waals surface area contributed by atoms with Crippen LogP contribution in [0.4, 0.5) is 0 Å². The maximum absolute atomic E-state index is 10.6. The first-order chi connectivity index (χ1) is 22.7. The van der Waals surface area contributed by atoms with Crippen LogP contribution in [0.15, 0.2) is 0 Å². The molecule has 0 saturated carbocycles. The minimum atomic E-state index is -0.891. The van der Waals surface area contributed by atoms with E-state index in [0.717, 1.165) is 25.8 Å². The first-order valence-corrected chi connectivity index (χ1v) is 21.4. The van der Waals surface area contributed by atoms with E-state index in [-0.39, 0.29) is 6.61 Å². The third-order valence-corrected chi connectivity index (χ3v) is 10.3. The van der Waals surface area contributed by atoms with E-state index in [1.165, 1.54) is 199 Å². The Balaban J connectivity index is 3.44. The molecule has 0 aliphatic rings. The number of hydrogen-bond acceptors (Lipinski definition) is 4.